The molecule has 0 atom stereocenters. The van der Waals surface area contributed by atoms with Crippen LogP contribution in [0.25, 0.3) is 55.0 Å². The smallest absolute Gasteiger partial charge is 0.0625 e. The summed E-state index contributed by atoms with van der Waals surface area (Å²) in [6.45, 7) is 13.7. The van der Waals surface area contributed by atoms with Crippen molar-refractivity contribution in [2.45, 2.75) is 52.4 Å². The van der Waals surface area contributed by atoms with E-state index < -0.39 is 0 Å². The van der Waals surface area contributed by atoms with Crippen LogP contribution in [0.3, 0.4) is 0 Å². The predicted molar refractivity (Wildman–Crippen MR) is 188 cm³/mol. The Kier molecular flexibility index (Phi) is 6.27. The minimum Gasteiger partial charge on any atom is -0.308 e. The Morgan fingerprint density at radius 1 is 0.429 bits per heavy atom. The lowest BCUT2D eigenvalue weighted by Crippen LogP contribution is -2.10. The van der Waals surface area contributed by atoms with E-state index in [4.69, 9.17) is 0 Å². The van der Waals surface area contributed by atoms with E-state index >= 15 is 0 Å². The fraction of sp³-hybridized carbons (Fsp3) is 0.211. The Balaban J connectivity index is 1.58. The second kappa shape index (κ2) is 9.59. The summed E-state index contributed by atoms with van der Waals surface area (Å²) < 4.78 is 6.89. The van der Waals surface area contributed by atoms with E-state index in [1.807, 2.05) is 0 Å². The first-order valence-electron chi connectivity index (χ1n) is 14.5. The van der Waals surface area contributed by atoms with E-state index in [-0.39, 0.29) is 10.8 Å². The lowest BCUT2D eigenvalue weighted by atomic mass is 9.85. The number of benzene rings is 5. The van der Waals surface area contributed by atoms with Gasteiger partial charge in [0.05, 0.1) is 33.4 Å². The molecule has 2 nitrogen and oxygen atoms in total. The average Bonchev–Trinajstić information content (AvgIpc) is 3.45. The van der Waals surface area contributed by atoms with Crippen LogP contribution in [0.2, 0.25) is 0 Å². The molecule has 0 saturated heterocycles. The van der Waals surface area contributed by atoms with Crippen LogP contribution in [-0.2, 0) is 10.8 Å². The summed E-state index contributed by atoms with van der Waals surface area (Å²) >= 11 is 7.91. The molecule has 0 unspecified atom stereocenters. The Morgan fingerprint density at radius 2 is 0.810 bits per heavy atom. The SMILES string of the molecule is CC(C)(C)c1ccc2c(c1)c1cc(C(C)(C)C)ccc1n2-c1cc(-n2c3ccccc3c3ccccc32)c(Br)cc1Br. The number of aromatic nitrogens is 2. The molecule has 2 heterocycles. The van der Waals surface area contributed by atoms with Crippen molar-refractivity contribution in [3.63, 3.8) is 0 Å². The van der Waals surface area contributed by atoms with Gasteiger partial charge in [-0.3, -0.25) is 0 Å². The van der Waals surface area contributed by atoms with Gasteiger partial charge in [0.2, 0.25) is 0 Å². The van der Waals surface area contributed by atoms with Crippen LogP contribution in [0.15, 0.2) is 106 Å². The molecule has 0 radical (unpaired) electrons. The molecule has 0 aliphatic rings. The molecule has 0 N–H and O–H groups in total. The van der Waals surface area contributed by atoms with Gasteiger partial charge in [-0.25, -0.2) is 0 Å². The quantitative estimate of drug-likeness (QED) is 0.172. The Labute approximate surface area is 264 Å². The minimum atomic E-state index is 0.0617. The zero-order valence-corrected chi connectivity index (χ0v) is 28.1. The molecule has 0 bridgehead atoms. The molecule has 42 heavy (non-hydrogen) atoms. The lowest BCUT2D eigenvalue weighted by Gasteiger charge is -2.19. The maximum atomic E-state index is 3.97. The highest BCUT2D eigenvalue weighted by atomic mass is 79.9. The third kappa shape index (κ3) is 4.26. The number of halogens is 2. The molecule has 210 valence electrons. The maximum Gasteiger partial charge on any atom is 0.0625 e. The summed E-state index contributed by atoms with van der Waals surface area (Å²) in [5.41, 5.74) is 9.84. The molecule has 0 fully saturated rings. The molecule has 0 aliphatic carbocycles. The number of hydrogen-bond donors (Lipinski definition) is 0. The van der Waals surface area contributed by atoms with Crippen molar-refractivity contribution in [2.24, 2.45) is 0 Å². The number of hydrogen-bond acceptors (Lipinski definition) is 0. The van der Waals surface area contributed by atoms with Crippen molar-refractivity contribution < 1.29 is 0 Å². The zero-order chi connectivity index (χ0) is 29.6. The Hall–Kier alpha value is -3.34. The number of para-hydroxylation sites is 2. The highest BCUT2D eigenvalue weighted by Crippen LogP contribution is 2.42. The molecule has 5 aromatic carbocycles. The first-order chi connectivity index (χ1) is 19.9. The maximum absolute atomic E-state index is 3.97. The molecular weight excluding hydrogens is 644 g/mol. The van der Waals surface area contributed by atoms with E-state index in [0.29, 0.717) is 0 Å². The van der Waals surface area contributed by atoms with Crippen LogP contribution < -0.4 is 0 Å². The van der Waals surface area contributed by atoms with Gasteiger partial charge >= 0.3 is 0 Å². The van der Waals surface area contributed by atoms with Crippen molar-refractivity contribution in [1.29, 1.82) is 0 Å². The summed E-state index contributed by atoms with van der Waals surface area (Å²) in [6.07, 6.45) is 0. The topological polar surface area (TPSA) is 9.86 Å². The Bertz CT molecular complexity index is 2060. The summed E-state index contributed by atoms with van der Waals surface area (Å²) in [5, 5.41) is 5.09. The molecule has 4 heteroatoms. The fourth-order valence-corrected chi connectivity index (χ4v) is 7.62. The van der Waals surface area contributed by atoms with Crippen LogP contribution in [0.5, 0.6) is 0 Å². The molecule has 0 saturated carbocycles. The van der Waals surface area contributed by atoms with Gasteiger partial charge in [0.25, 0.3) is 0 Å². The van der Waals surface area contributed by atoms with E-state index in [1.54, 1.807) is 0 Å². The van der Waals surface area contributed by atoms with Crippen LogP contribution in [0.4, 0.5) is 0 Å². The van der Waals surface area contributed by atoms with Gasteiger partial charge in [0, 0.05) is 30.5 Å². The first-order valence-corrected chi connectivity index (χ1v) is 16.1. The average molecular weight is 679 g/mol. The van der Waals surface area contributed by atoms with Crippen molar-refractivity contribution in [3.8, 4) is 11.4 Å². The summed E-state index contributed by atoms with van der Waals surface area (Å²) in [5.74, 6) is 0. The molecule has 0 amide bonds. The van der Waals surface area contributed by atoms with Gasteiger partial charge < -0.3 is 9.13 Å². The van der Waals surface area contributed by atoms with Crippen molar-refractivity contribution in [3.05, 3.63) is 117 Å². The number of nitrogens with zero attached hydrogens (tertiary/aromatic N) is 2. The summed E-state index contributed by atoms with van der Waals surface area (Å²) in [4.78, 5) is 0. The minimum absolute atomic E-state index is 0.0617. The van der Waals surface area contributed by atoms with E-state index in [9.17, 15) is 0 Å². The van der Waals surface area contributed by atoms with Crippen LogP contribution in [-0.4, -0.2) is 9.13 Å². The van der Waals surface area contributed by atoms with Crippen LogP contribution in [0, 0.1) is 0 Å². The molecule has 0 spiro atoms. The van der Waals surface area contributed by atoms with Gasteiger partial charge in [-0.05, 0) is 102 Å². The fourth-order valence-electron chi connectivity index (χ4n) is 6.27. The second-order valence-corrected chi connectivity index (χ2v) is 15.1. The summed E-state index contributed by atoms with van der Waals surface area (Å²) in [6, 6.07) is 35.9. The standard InChI is InChI=1S/C38H34Br2N2/c1-37(2,3)23-15-17-33-27(19-23)28-20-24(38(4,5)6)16-18-34(28)42(33)36-22-35(29(39)21-30(36)40)41-31-13-9-7-11-25(31)26-12-8-10-14-32(26)41/h7-22H,1-6H3. The van der Waals surface area contributed by atoms with Crippen LogP contribution >= 0.6 is 31.9 Å². The number of rotatable bonds is 2. The molecule has 2 aromatic heterocycles. The Morgan fingerprint density at radius 3 is 1.21 bits per heavy atom. The number of fused-ring (bicyclic) bond motifs is 6. The van der Waals surface area contributed by atoms with E-state index in [1.165, 1.54) is 54.7 Å². The van der Waals surface area contributed by atoms with E-state index in [2.05, 4.69) is 180 Å². The van der Waals surface area contributed by atoms with Crippen molar-refractivity contribution in [1.82, 2.24) is 9.13 Å². The first kappa shape index (κ1) is 27.5. The van der Waals surface area contributed by atoms with Gasteiger partial charge in [-0.15, -0.1) is 0 Å². The monoisotopic (exact) mass is 676 g/mol. The third-order valence-electron chi connectivity index (χ3n) is 8.58. The zero-order valence-electron chi connectivity index (χ0n) is 24.9. The molecule has 0 aliphatic heterocycles. The van der Waals surface area contributed by atoms with Crippen molar-refractivity contribution >= 4 is 75.5 Å². The van der Waals surface area contributed by atoms with Gasteiger partial charge in [-0.1, -0.05) is 90.1 Å². The van der Waals surface area contributed by atoms with Crippen molar-refractivity contribution in [2.75, 3.05) is 0 Å². The molecule has 7 rings (SSSR count). The van der Waals surface area contributed by atoms with Gasteiger partial charge in [0.15, 0.2) is 0 Å². The van der Waals surface area contributed by atoms with Crippen LogP contribution in [0.1, 0.15) is 52.7 Å². The highest BCUT2D eigenvalue weighted by molar-refractivity contribution is 9.11. The third-order valence-corrected chi connectivity index (χ3v) is 9.85. The molecule has 7 aromatic rings. The normalized spacial score (nSPS) is 12.8. The van der Waals surface area contributed by atoms with E-state index in [0.717, 1.165) is 20.3 Å². The largest absolute Gasteiger partial charge is 0.308 e. The molecular formula is C38H34Br2N2. The van der Waals surface area contributed by atoms with Gasteiger partial charge in [0.1, 0.15) is 0 Å². The van der Waals surface area contributed by atoms with Gasteiger partial charge in [-0.2, -0.15) is 0 Å². The second-order valence-electron chi connectivity index (χ2n) is 13.4. The summed E-state index contributed by atoms with van der Waals surface area (Å²) in [7, 11) is 0. The highest BCUT2D eigenvalue weighted by Gasteiger charge is 2.23. The lowest BCUT2D eigenvalue weighted by molar-refractivity contribution is 0.590. The predicted octanol–water partition coefficient (Wildman–Crippen LogP) is 12.0.